The molecule has 0 bridgehead atoms. The summed E-state index contributed by atoms with van der Waals surface area (Å²) < 4.78 is 5.24. The average molecular weight is 511 g/mol. The van der Waals surface area contributed by atoms with E-state index < -0.39 is 0 Å². The molecule has 3 aromatic rings. The van der Waals surface area contributed by atoms with Crippen LogP contribution in [0.1, 0.15) is 43.7 Å². The van der Waals surface area contributed by atoms with Crippen LogP contribution in [0.25, 0.3) is 10.8 Å². The number of nitrogens with two attached hydrogens (primary N) is 1. The van der Waals surface area contributed by atoms with Crippen molar-refractivity contribution in [3.05, 3.63) is 40.5 Å². The molecule has 10 nitrogen and oxygen atoms in total. The fourth-order valence-corrected chi connectivity index (χ4v) is 4.85. The van der Waals surface area contributed by atoms with Gasteiger partial charge in [0.15, 0.2) is 11.6 Å². The van der Waals surface area contributed by atoms with Crippen molar-refractivity contribution in [1.29, 1.82) is 5.41 Å². The van der Waals surface area contributed by atoms with Crippen molar-refractivity contribution in [2.75, 3.05) is 29.6 Å². The van der Waals surface area contributed by atoms with Crippen molar-refractivity contribution in [2.24, 2.45) is 11.7 Å². The van der Waals surface area contributed by atoms with Gasteiger partial charge in [-0.25, -0.2) is 4.98 Å². The first-order valence-corrected chi connectivity index (χ1v) is 12.4. The lowest BCUT2D eigenvalue weighted by atomic mass is 9.85. The molecule has 36 heavy (non-hydrogen) atoms. The van der Waals surface area contributed by atoms with Gasteiger partial charge in [0, 0.05) is 53.8 Å². The molecule has 2 heterocycles. The summed E-state index contributed by atoms with van der Waals surface area (Å²) in [5.74, 6) is 2.06. The summed E-state index contributed by atoms with van der Waals surface area (Å²) in [6.07, 6.45) is 6.16. The van der Waals surface area contributed by atoms with Gasteiger partial charge in [-0.15, -0.1) is 10.2 Å². The maximum atomic E-state index is 11.5. The molecule has 0 radical (unpaired) electrons. The molecular formula is C25H31ClN8O2. The zero-order chi connectivity index (χ0) is 25.7. The summed E-state index contributed by atoms with van der Waals surface area (Å²) >= 11 is 6.29. The summed E-state index contributed by atoms with van der Waals surface area (Å²) in [6.45, 7) is 3.10. The summed E-state index contributed by atoms with van der Waals surface area (Å²) in [7, 11) is 1.58. The van der Waals surface area contributed by atoms with E-state index in [4.69, 9.17) is 27.5 Å². The van der Waals surface area contributed by atoms with E-state index >= 15 is 0 Å². The molecule has 0 aliphatic heterocycles. The quantitative estimate of drug-likeness (QED) is 0.255. The second kappa shape index (κ2) is 11.4. The van der Waals surface area contributed by atoms with Crippen LogP contribution in [0.5, 0.6) is 5.75 Å². The lowest BCUT2D eigenvalue weighted by Gasteiger charge is -2.28. The molecule has 6 N–H and O–H groups in total. The fourth-order valence-electron chi connectivity index (χ4n) is 4.57. The van der Waals surface area contributed by atoms with Gasteiger partial charge in [-0.2, -0.15) is 0 Å². The van der Waals surface area contributed by atoms with E-state index in [1.807, 2.05) is 25.1 Å². The number of fused-ring (bicyclic) bond motifs is 1. The number of carbonyl (C=O) groups is 1. The lowest BCUT2D eigenvalue weighted by molar-refractivity contribution is -0.122. The van der Waals surface area contributed by atoms with E-state index in [-0.39, 0.29) is 17.9 Å². The highest BCUT2D eigenvalue weighted by Gasteiger charge is 2.26. The Hall–Kier alpha value is -3.66. The first-order chi connectivity index (χ1) is 17.4. The molecule has 0 unspecified atom stereocenters. The van der Waals surface area contributed by atoms with Crippen LogP contribution in [0, 0.1) is 11.3 Å². The molecule has 11 heteroatoms. The Morgan fingerprint density at radius 1 is 1.19 bits per heavy atom. The molecule has 1 aliphatic carbocycles. The van der Waals surface area contributed by atoms with E-state index in [0.29, 0.717) is 46.9 Å². The van der Waals surface area contributed by atoms with E-state index in [2.05, 4.69) is 31.1 Å². The lowest BCUT2D eigenvalue weighted by Crippen LogP contribution is -2.32. The number of carbonyl (C=O) groups excluding carboxylic acids is 1. The van der Waals surface area contributed by atoms with Gasteiger partial charge in [-0.05, 0) is 50.3 Å². The summed E-state index contributed by atoms with van der Waals surface area (Å²) in [5.41, 5.74) is 7.05. The minimum absolute atomic E-state index is 0.0715. The molecule has 0 atom stereocenters. The van der Waals surface area contributed by atoms with Crippen molar-refractivity contribution in [2.45, 2.75) is 45.2 Å². The molecule has 1 aromatic carbocycles. The highest BCUT2D eigenvalue weighted by Crippen LogP contribution is 2.34. The topological polar surface area (TPSA) is 151 Å². The second-order valence-corrected chi connectivity index (χ2v) is 9.21. The van der Waals surface area contributed by atoms with Crippen LogP contribution in [-0.2, 0) is 11.3 Å². The Labute approximate surface area is 214 Å². The van der Waals surface area contributed by atoms with Crippen LogP contribution in [0.4, 0.5) is 17.5 Å². The van der Waals surface area contributed by atoms with Crippen molar-refractivity contribution < 1.29 is 9.53 Å². The van der Waals surface area contributed by atoms with Gasteiger partial charge in [0.05, 0.1) is 12.1 Å². The zero-order valence-corrected chi connectivity index (χ0v) is 21.2. The molecule has 4 rings (SSSR count). The first-order valence-electron chi connectivity index (χ1n) is 12.0. The van der Waals surface area contributed by atoms with Crippen molar-refractivity contribution >= 4 is 51.9 Å². The normalized spacial score (nSPS) is 17.4. The molecular weight excluding hydrogens is 480 g/mol. The molecule has 0 spiro atoms. The van der Waals surface area contributed by atoms with Gasteiger partial charge in [0.25, 0.3) is 0 Å². The van der Waals surface area contributed by atoms with E-state index in [9.17, 15) is 4.79 Å². The van der Waals surface area contributed by atoms with E-state index in [0.717, 1.165) is 42.0 Å². The number of halogens is 1. The maximum absolute atomic E-state index is 11.5. The number of rotatable bonds is 10. The molecule has 190 valence electrons. The summed E-state index contributed by atoms with van der Waals surface area (Å²) in [6, 6.07) is 5.73. The number of hydrogen-bond donors (Lipinski definition) is 5. The number of methoxy groups -OCH3 is 1. The monoisotopic (exact) mass is 510 g/mol. The van der Waals surface area contributed by atoms with Crippen molar-refractivity contribution in [1.82, 2.24) is 15.2 Å². The molecule has 1 fully saturated rings. The first kappa shape index (κ1) is 25.4. The molecule has 1 saturated carbocycles. The number of nitrogens with one attached hydrogen (secondary N) is 4. The Kier molecular flexibility index (Phi) is 8.04. The average Bonchev–Trinajstić information content (AvgIpc) is 2.88. The van der Waals surface area contributed by atoms with Crippen LogP contribution in [-0.4, -0.2) is 47.0 Å². The van der Waals surface area contributed by atoms with Crippen LogP contribution >= 0.6 is 11.6 Å². The van der Waals surface area contributed by atoms with E-state index in [1.54, 1.807) is 13.3 Å². The molecule has 2 aromatic heterocycles. The largest absolute Gasteiger partial charge is 0.495 e. The number of primary amides is 1. The Morgan fingerprint density at radius 3 is 2.58 bits per heavy atom. The maximum Gasteiger partial charge on any atom is 0.220 e. The van der Waals surface area contributed by atoms with Gasteiger partial charge in [-0.3, -0.25) is 4.79 Å². The van der Waals surface area contributed by atoms with Gasteiger partial charge < -0.3 is 31.8 Å². The third-order valence-electron chi connectivity index (χ3n) is 6.49. The summed E-state index contributed by atoms with van der Waals surface area (Å²) in [4.78, 5) is 16.1. The predicted octanol–water partition coefficient (Wildman–Crippen LogP) is 4.18. The van der Waals surface area contributed by atoms with Crippen LogP contribution in [0.15, 0.2) is 24.4 Å². The predicted molar refractivity (Wildman–Crippen MR) is 143 cm³/mol. The Morgan fingerprint density at radius 2 is 1.94 bits per heavy atom. The highest BCUT2D eigenvalue weighted by molar-refractivity contribution is 6.32. The van der Waals surface area contributed by atoms with Crippen LogP contribution in [0.2, 0.25) is 5.02 Å². The number of pyridine rings is 1. The number of nitrogens with zero attached hydrogens (tertiary/aromatic N) is 3. The number of ether oxygens (including phenoxy) is 1. The Balaban J connectivity index is 1.66. The third kappa shape index (κ3) is 5.43. The van der Waals surface area contributed by atoms with Crippen molar-refractivity contribution in [3.63, 3.8) is 0 Å². The van der Waals surface area contributed by atoms with E-state index in [1.165, 1.54) is 6.21 Å². The van der Waals surface area contributed by atoms with Gasteiger partial charge in [-0.1, -0.05) is 17.7 Å². The molecule has 0 saturated heterocycles. The highest BCUT2D eigenvalue weighted by atomic mass is 35.5. The minimum atomic E-state index is -0.233. The third-order valence-corrected chi connectivity index (χ3v) is 6.79. The number of benzene rings is 1. The minimum Gasteiger partial charge on any atom is -0.495 e. The smallest absolute Gasteiger partial charge is 0.220 e. The number of anilines is 3. The summed E-state index contributed by atoms with van der Waals surface area (Å²) in [5, 5.41) is 29.2. The number of aromatic nitrogens is 3. The molecule has 1 amide bonds. The second-order valence-electron chi connectivity index (χ2n) is 8.80. The number of hydrogen-bond acceptors (Lipinski definition) is 9. The fraction of sp³-hybridized carbons (Fsp3) is 0.400. The SMILES string of the molecule is CCNc1ncc2c(NC3CCC(C(N)=O)CC3)nnc(NCc3ccc(OC)c(Cl)c3)c2c1C=N. The van der Waals surface area contributed by atoms with Gasteiger partial charge in [0.1, 0.15) is 11.6 Å². The van der Waals surface area contributed by atoms with Crippen LogP contribution in [0.3, 0.4) is 0 Å². The Bertz CT molecular complexity index is 1260. The molecule has 1 aliphatic rings. The number of amides is 1. The van der Waals surface area contributed by atoms with Gasteiger partial charge in [0.2, 0.25) is 5.91 Å². The zero-order valence-electron chi connectivity index (χ0n) is 20.4. The van der Waals surface area contributed by atoms with Crippen LogP contribution < -0.4 is 26.4 Å². The van der Waals surface area contributed by atoms with Gasteiger partial charge >= 0.3 is 0 Å². The van der Waals surface area contributed by atoms with Crippen molar-refractivity contribution in [3.8, 4) is 5.75 Å². The standard InChI is InChI=1S/C25H31ClN8O2/c1-3-29-23-17(11-27)21-18(13-31-23)24(32-16-7-5-15(6-8-16)22(28)35)33-34-25(21)30-12-14-4-9-20(36-2)19(26)10-14/h4,9-11,13,15-16,27H,3,5-8,12H2,1-2H3,(H2,28,35)(H,29,31)(H,30,34)(H,32,33).